The minimum atomic E-state index is -4.82. The number of halogens is 6. The molecule has 1 aliphatic heterocycles. The van der Waals surface area contributed by atoms with Crippen LogP contribution in [0.5, 0.6) is 5.75 Å². The number of aromatic amines is 1. The van der Waals surface area contributed by atoms with E-state index in [1.54, 1.807) is 0 Å². The number of H-pyrrole nitrogens is 1. The Balaban J connectivity index is 1.55. The molecule has 1 amide bonds. The number of carbonyl (C=O) groups excluding carboxylic acids is 1. The van der Waals surface area contributed by atoms with Crippen LogP contribution < -0.4 is 14.4 Å². The minimum Gasteiger partial charge on any atom is -0.484 e. The summed E-state index contributed by atoms with van der Waals surface area (Å²) in [5, 5.41) is 8.70. The first kappa shape index (κ1) is 28.9. The van der Waals surface area contributed by atoms with Crippen LogP contribution in [0.3, 0.4) is 0 Å². The topological polar surface area (TPSA) is 117 Å². The Bertz CT molecular complexity index is 1730. The molecule has 0 aliphatic carbocycles. The smallest absolute Gasteiger partial charge is 0.433 e. The highest BCUT2D eigenvalue weighted by Gasteiger charge is 2.38. The van der Waals surface area contributed by atoms with E-state index in [1.165, 1.54) is 36.5 Å². The number of hydrogen-bond donors (Lipinski definition) is 2. The molecule has 220 valence electrons. The summed E-state index contributed by atoms with van der Waals surface area (Å²) in [6, 6.07) is 11.6. The highest BCUT2D eigenvalue weighted by Crippen LogP contribution is 2.41. The highest BCUT2D eigenvalue weighted by molar-refractivity contribution is 7.92. The second kappa shape index (κ2) is 10.7. The van der Waals surface area contributed by atoms with Crippen LogP contribution in [0.25, 0.3) is 11.3 Å². The number of benzene rings is 2. The molecule has 1 aliphatic rings. The maximum atomic E-state index is 13.8. The molecule has 2 N–H and O–H groups in total. The first-order chi connectivity index (χ1) is 19.7. The molecule has 42 heavy (non-hydrogen) atoms. The van der Waals surface area contributed by atoms with Gasteiger partial charge >= 0.3 is 12.4 Å². The fourth-order valence-electron chi connectivity index (χ4n) is 4.20. The van der Waals surface area contributed by atoms with E-state index in [0.717, 1.165) is 34.6 Å². The predicted molar refractivity (Wildman–Crippen MR) is 136 cm³/mol. The molecule has 1 atom stereocenters. The molecule has 0 radical (unpaired) electrons. The lowest BCUT2D eigenvalue weighted by molar-refractivity contribution is -0.141. The summed E-state index contributed by atoms with van der Waals surface area (Å²) >= 11 is 0. The third-order valence-electron chi connectivity index (χ3n) is 6.21. The summed E-state index contributed by atoms with van der Waals surface area (Å²) in [6.07, 6.45) is -9.21. The van der Waals surface area contributed by atoms with Crippen molar-refractivity contribution in [3.05, 3.63) is 89.9 Å². The molecule has 16 heteroatoms. The number of alkyl halides is 6. The Hall–Kier alpha value is -4.60. The summed E-state index contributed by atoms with van der Waals surface area (Å²) < 4.78 is 114. The first-order valence-electron chi connectivity index (χ1n) is 12.1. The summed E-state index contributed by atoms with van der Waals surface area (Å²) in [6.45, 7) is -0.656. The number of ether oxygens (including phenoxy) is 1. The minimum absolute atomic E-state index is 0.0340. The normalized spacial score (nSPS) is 15.6. The number of aromatic nitrogens is 3. The fourth-order valence-corrected chi connectivity index (χ4v) is 5.75. The van der Waals surface area contributed by atoms with Crippen molar-refractivity contribution in [3.63, 3.8) is 0 Å². The number of pyridine rings is 1. The molecule has 3 heterocycles. The number of hydrogen-bond acceptors (Lipinski definition) is 6. The maximum Gasteiger partial charge on any atom is 0.433 e. The molecular formula is C26H19F6N5O4S. The lowest BCUT2D eigenvalue weighted by atomic mass is 10.1. The first-order valence-corrected chi connectivity index (χ1v) is 13.5. The number of rotatable bonds is 6. The van der Waals surface area contributed by atoms with Gasteiger partial charge in [-0.3, -0.25) is 14.2 Å². The quantitative estimate of drug-likeness (QED) is 0.300. The average molecular weight is 612 g/mol. The zero-order valence-electron chi connectivity index (χ0n) is 21.1. The van der Waals surface area contributed by atoms with Crippen LogP contribution in [-0.2, 0) is 22.4 Å². The Morgan fingerprint density at radius 1 is 1.00 bits per heavy atom. The molecule has 0 spiro atoms. The molecule has 1 unspecified atom stereocenters. The van der Waals surface area contributed by atoms with Crippen molar-refractivity contribution in [1.29, 1.82) is 0 Å². The number of carbonyl (C=O) groups is 1. The van der Waals surface area contributed by atoms with E-state index in [0.29, 0.717) is 6.07 Å². The van der Waals surface area contributed by atoms with Gasteiger partial charge in [0, 0.05) is 11.8 Å². The molecular weight excluding hydrogens is 592 g/mol. The van der Waals surface area contributed by atoms with Crippen molar-refractivity contribution in [2.24, 2.45) is 0 Å². The zero-order chi connectivity index (χ0) is 30.3. The third-order valence-corrected chi connectivity index (χ3v) is 7.99. The molecule has 0 fully saturated rings. The largest absolute Gasteiger partial charge is 0.484 e. The molecule has 9 nitrogen and oxygen atoms in total. The van der Waals surface area contributed by atoms with Crippen LogP contribution in [0, 0.1) is 0 Å². The van der Waals surface area contributed by atoms with E-state index in [9.17, 15) is 39.6 Å². The van der Waals surface area contributed by atoms with Crippen LogP contribution in [-0.4, -0.2) is 48.7 Å². The van der Waals surface area contributed by atoms with Gasteiger partial charge in [0.05, 0.1) is 34.9 Å². The van der Waals surface area contributed by atoms with Crippen LogP contribution >= 0.6 is 0 Å². The van der Waals surface area contributed by atoms with Gasteiger partial charge in [0.25, 0.3) is 15.9 Å². The van der Waals surface area contributed by atoms with Gasteiger partial charge in [-0.15, -0.1) is 0 Å². The van der Waals surface area contributed by atoms with E-state index >= 15 is 0 Å². The van der Waals surface area contributed by atoms with Crippen molar-refractivity contribution in [2.45, 2.75) is 23.4 Å². The Kier molecular flexibility index (Phi) is 7.34. The summed E-state index contributed by atoms with van der Waals surface area (Å²) in [7, 11) is -4.68. The van der Waals surface area contributed by atoms with E-state index < -0.39 is 57.1 Å². The highest BCUT2D eigenvalue weighted by atomic mass is 32.2. The lowest BCUT2D eigenvalue weighted by Crippen LogP contribution is -2.48. The van der Waals surface area contributed by atoms with Crippen molar-refractivity contribution >= 4 is 21.6 Å². The summed E-state index contributed by atoms with van der Waals surface area (Å²) in [4.78, 5) is 15.3. The van der Waals surface area contributed by atoms with Gasteiger partial charge < -0.3 is 10.1 Å². The van der Waals surface area contributed by atoms with Gasteiger partial charge in [-0.05, 0) is 54.6 Å². The van der Waals surface area contributed by atoms with Gasteiger partial charge in [-0.2, -0.15) is 31.4 Å². The second-order valence-electron chi connectivity index (χ2n) is 9.07. The standard InChI is InChI=1S/C26H19F6N5O4S/c27-25(28,29)16-3-1-4-18(12-16)42(39,40)37-14-17(13-33-24(38)20-9-10-34-36-20)41-22-8-7-15(11-21(22)37)19-5-2-6-23(35-19)26(30,31)32/h1-12,17H,13-14H2,(H,33,38)(H,34,36). The van der Waals surface area contributed by atoms with Gasteiger partial charge in [-0.25, -0.2) is 13.4 Å². The number of sulfonamides is 1. The fraction of sp³-hybridized carbons (Fsp3) is 0.192. The lowest BCUT2D eigenvalue weighted by Gasteiger charge is -2.36. The molecule has 0 saturated carbocycles. The second-order valence-corrected chi connectivity index (χ2v) is 10.9. The van der Waals surface area contributed by atoms with Gasteiger partial charge in [0.1, 0.15) is 23.2 Å². The van der Waals surface area contributed by atoms with Crippen molar-refractivity contribution in [3.8, 4) is 17.0 Å². The number of amides is 1. The van der Waals surface area contributed by atoms with E-state index in [4.69, 9.17) is 4.74 Å². The molecule has 0 saturated heterocycles. The average Bonchev–Trinajstić information content (AvgIpc) is 3.50. The monoisotopic (exact) mass is 611 g/mol. The number of nitrogens with one attached hydrogen (secondary N) is 2. The van der Waals surface area contributed by atoms with Gasteiger partial charge in [0.2, 0.25) is 0 Å². The Labute approximate surface area is 234 Å². The molecule has 4 aromatic rings. The maximum absolute atomic E-state index is 13.8. The molecule has 5 rings (SSSR count). The van der Waals surface area contributed by atoms with E-state index in [1.807, 2.05) is 0 Å². The zero-order valence-corrected chi connectivity index (χ0v) is 21.9. The third kappa shape index (κ3) is 5.88. The van der Waals surface area contributed by atoms with Crippen molar-refractivity contribution in [2.75, 3.05) is 17.4 Å². The molecule has 2 aromatic carbocycles. The van der Waals surface area contributed by atoms with E-state index in [2.05, 4.69) is 20.5 Å². The van der Waals surface area contributed by atoms with Crippen LogP contribution in [0.15, 0.2) is 77.8 Å². The molecule has 0 bridgehead atoms. The van der Waals surface area contributed by atoms with E-state index in [-0.39, 0.29) is 34.9 Å². The molecule has 2 aromatic heterocycles. The Morgan fingerprint density at radius 3 is 2.45 bits per heavy atom. The van der Waals surface area contributed by atoms with Crippen molar-refractivity contribution in [1.82, 2.24) is 20.5 Å². The van der Waals surface area contributed by atoms with Crippen molar-refractivity contribution < 1.29 is 44.3 Å². The van der Waals surface area contributed by atoms with Crippen LogP contribution in [0.2, 0.25) is 0 Å². The van der Waals surface area contributed by atoms with Crippen LogP contribution in [0.4, 0.5) is 32.0 Å². The SMILES string of the molecule is O=C(NCC1CN(S(=O)(=O)c2cccc(C(F)(F)F)c2)c2cc(-c3cccc(C(F)(F)F)n3)ccc2O1)c1ccn[nH]1. The summed E-state index contributed by atoms with van der Waals surface area (Å²) in [5.74, 6) is -0.603. The summed E-state index contributed by atoms with van der Waals surface area (Å²) in [5.41, 5.74) is -2.41. The van der Waals surface area contributed by atoms with Crippen LogP contribution in [0.1, 0.15) is 21.7 Å². The predicted octanol–water partition coefficient (Wildman–Crippen LogP) is 4.90. The van der Waals surface area contributed by atoms with Gasteiger partial charge in [0.15, 0.2) is 0 Å². The number of anilines is 1. The number of nitrogens with zero attached hydrogens (tertiary/aromatic N) is 3. The Morgan fingerprint density at radius 2 is 1.76 bits per heavy atom. The van der Waals surface area contributed by atoms with Gasteiger partial charge in [-0.1, -0.05) is 12.1 Å². The number of fused-ring (bicyclic) bond motifs is 1.